The summed E-state index contributed by atoms with van der Waals surface area (Å²) in [6, 6.07) is 1.22. The van der Waals surface area contributed by atoms with E-state index < -0.39 is 47.2 Å². The number of imide groups is 2. The SMILES string of the molecule is C.CC.CC(C)(C)OC(=O)N1CCN(c2cc3c(cc2F)C(=O)N(C2CCC(=O)NC2=O)C3=O)CC1. The summed E-state index contributed by atoms with van der Waals surface area (Å²) in [5.74, 6) is -3.32. The lowest BCUT2D eigenvalue weighted by Gasteiger charge is -2.37. The molecule has 0 spiro atoms. The molecule has 1 aromatic carbocycles. The smallest absolute Gasteiger partial charge is 0.410 e. The van der Waals surface area contributed by atoms with Crippen LogP contribution in [0.5, 0.6) is 0 Å². The summed E-state index contributed by atoms with van der Waals surface area (Å²) in [6.45, 7) is 10.6. The van der Waals surface area contributed by atoms with Crippen LogP contribution in [0.4, 0.5) is 14.9 Å². The zero-order valence-electron chi connectivity index (χ0n) is 20.6. The number of nitrogens with one attached hydrogen (secondary N) is 1. The highest BCUT2D eigenvalue weighted by Gasteiger charge is 2.45. The quantitative estimate of drug-likeness (QED) is 0.613. The predicted octanol–water partition coefficient (Wildman–Crippen LogP) is 2.95. The van der Waals surface area contributed by atoms with Gasteiger partial charge in [-0.1, -0.05) is 21.3 Å². The van der Waals surface area contributed by atoms with Gasteiger partial charge in [-0.25, -0.2) is 9.18 Å². The first-order chi connectivity index (χ1) is 16.5. The molecule has 0 bridgehead atoms. The third kappa shape index (κ3) is 5.66. The zero-order valence-corrected chi connectivity index (χ0v) is 20.6. The van der Waals surface area contributed by atoms with Gasteiger partial charge in [-0.15, -0.1) is 0 Å². The second kappa shape index (κ2) is 11.0. The molecule has 0 aliphatic carbocycles. The van der Waals surface area contributed by atoms with Crippen LogP contribution in [0.3, 0.4) is 0 Å². The van der Waals surface area contributed by atoms with Crippen molar-refractivity contribution in [3.8, 4) is 0 Å². The molecule has 0 radical (unpaired) electrons. The Balaban J connectivity index is 0.00000148. The van der Waals surface area contributed by atoms with Crippen molar-refractivity contribution in [2.45, 2.75) is 66.5 Å². The molecule has 2 saturated heterocycles. The van der Waals surface area contributed by atoms with Gasteiger partial charge in [0, 0.05) is 32.6 Å². The van der Waals surface area contributed by atoms with E-state index in [-0.39, 0.29) is 37.1 Å². The van der Waals surface area contributed by atoms with Crippen LogP contribution >= 0.6 is 0 Å². The predicted molar refractivity (Wildman–Crippen MR) is 131 cm³/mol. The third-order valence-electron chi connectivity index (χ3n) is 5.78. The van der Waals surface area contributed by atoms with Gasteiger partial charge in [0.25, 0.3) is 11.8 Å². The van der Waals surface area contributed by atoms with Crippen LogP contribution in [0.1, 0.15) is 75.6 Å². The van der Waals surface area contributed by atoms with Crippen molar-refractivity contribution in [2.24, 2.45) is 0 Å². The lowest BCUT2D eigenvalue weighted by Crippen LogP contribution is -2.54. The van der Waals surface area contributed by atoms with E-state index in [4.69, 9.17) is 4.74 Å². The van der Waals surface area contributed by atoms with Crippen LogP contribution in [0.25, 0.3) is 0 Å². The number of rotatable bonds is 2. The number of hydrogen-bond donors (Lipinski definition) is 1. The van der Waals surface area contributed by atoms with Crippen LogP contribution in [0.15, 0.2) is 12.1 Å². The summed E-state index contributed by atoms with van der Waals surface area (Å²) < 4.78 is 20.3. The molecule has 4 rings (SSSR count). The molecule has 10 nitrogen and oxygen atoms in total. The highest BCUT2D eigenvalue weighted by molar-refractivity contribution is 6.23. The number of amides is 5. The van der Waals surface area contributed by atoms with E-state index in [0.29, 0.717) is 26.2 Å². The Hall–Kier alpha value is -3.50. The number of hydrogen-bond acceptors (Lipinski definition) is 7. The molecule has 1 aromatic rings. The molecule has 5 amide bonds. The van der Waals surface area contributed by atoms with Gasteiger partial charge in [0.2, 0.25) is 11.8 Å². The average Bonchev–Trinajstić information content (AvgIpc) is 3.03. The minimum Gasteiger partial charge on any atom is -0.444 e. The largest absolute Gasteiger partial charge is 0.444 e. The van der Waals surface area contributed by atoms with Gasteiger partial charge in [0.05, 0.1) is 16.8 Å². The molecule has 1 atom stereocenters. The number of anilines is 1. The van der Waals surface area contributed by atoms with E-state index >= 15 is 0 Å². The molecule has 11 heteroatoms. The summed E-state index contributed by atoms with van der Waals surface area (Å²) in [6.07, 6.45) is -0.416. The van der Waals surface area contributed by atoms with Gasteiger partial charge < -0.3 is 14.5 Å². The number of halogens is 1. The Morgan fingerprint density at radius 1 is 1.00 bits per heavy atom. The van der Waals surface area contributed by atoms with Crippen molar-refractivity contribution in [2.75, 3.05) is 31.1 Å². The lowest BCUT2D eigenvalue weighted by molar-refractivity contribution is -0.136. The molecule has 1 N–H and O–H groups in total. The Morgan fingerprint density at radius 3 is 2.08 bits per heavy atom. The van der Waals surface area contributed by atoms with Crippen molar-refractivity contribution in [1.29, 1.82) is 0 Å². The number of piperidine rings is 1. The summed E-state index contributed by atoms with van der Waals surface area (Å²) in [5.41, 5.74) is -0.584. The molecule has 1 unspecified atom stereocenters. The van der Waals surface area contributed by atoms with Crippen LogP contribution in [0.2, 0.25) is 0 Å². The van der Waals surface area contributed by atoms with Crippen molar-refractivity contribution in [1.82, 2.24) is 15.1 Å². The molecule has 36 heavy (non-hydrogen) atoms. The first kappa shape index (κ1) is 28.7. The molecule has 3 aliphatic rings. The minimum absolute atomic E-state index is 0. The second-order valence-corrected chi connectivity index (χ2v) is 9.25. The molecule has 3 heterocycles. The number of carbonyl (C=O) groups is 5. The van der Waals surface area contributed by atoms with Gasteiger partial charge in [-0.05, 0) is 39.3 Å². The fraction of sp³-hybridized carbons (Fsp3) is 0.560. The number of carbonyl (C=O) groups excluding carboxylic acids is 5. The van der Waals surface area contributed by atoms with Crippen LogP contribution in [-0.4, -0.2) is 77.3 Å². The van der Waals surface area contributed by atoms with E-state index in [0.717, 1.165) is 11.0 Å². The van der Waals surface area contributed by atoms with Crippen LogP contribution in [-0.2, 0) is 14.3 Å². The topological polar surface area (TPSA) is 116 Å². The summed E-state index contributed by atoms with van der Waals surface area (Å²) in [7, 11) is 0. The second-order valence-electron chi connectivity index (χ2n) is 9.25. The fourth-order valence-electron chi connectivity index (χ4n) is 4.18. The van der Waals surface area contributed by atoms with E-state index in [9.17, 15) is 28.4 Å². The van der Waals surface area contributed by atoms with Crippen molar-refractivity contribution in [3.63, 3.8) is 0 Å². The van der Waals surface area contributed by atoms with E-state index in [1.54, 1.807) is 25.7 Å². The highest BCUT2D eigenvalue weighted by atomic mass is 19.1. The molecule has 2 fully saturated rings. The molecule has 0 aromatic heterocycles. The first-order valence-electron chi connectivity index (χ1n) is 11.7. The summed E-state index contributed by atoms with van der Waals surface area (Å²) >= 11 is 0. The van der Waals surface area contributed by atoms with Gasteiger partial charge in [-0.2, -0.15) is 0 Å². The Morgan fingerprint density at radius 2 is 1.56 bits per heavy atom. The molecule has 3 aliphatic heterocycles. The van der Waals surface area contributed by atoms with Gasteiger partial charge in [-0.3, -0.25) is 29.4 Å². The molecule has 0 saturated carbocycles. The van der Waals surface area contributed by atoms with Crippen molar-refractivity contribution < 1.29 is 33.1 Å². The number of fused-ring (bicyclic) bond motifs is 1. The number of benzene rings is 1. The lowest BCUT2D eigenvalue weighted by atomic mass is 10.0. The van der Waals surface area contributed by atoms with E-state index in [2.05, 4.69) is 5.32 Å². The average molecular weight is 507 g/mol. The van der Waals surface area contributed by atoms with Crippen molar-refractivity contribution >= 4 is 35.4 Å². The number of nitrogens with zero attached hydrogens (tertiary/aromatic N) is 3. The van der Waals surface area contributed by atoms with E-state index in [1.165, 1.54) is 11.0 Å². The van der Waals surface area contributed by atoms with Gasteiger partial charge in [0.15, 0.2) is 0 Å². The summed E-state index contributed by atoms with van der Waals surface area (Å²) in [5, 5.41) is 2.13. The van der Waals surface area contributed by atoms with E-state index in [1.807, 2.05) is 13.8 Å². The summed E-state index contributed by atoms with van der Waals surface area (Å²) in [4.78, 5) is 65.7. The molecular formula is C25H35FN4O6. The molecule has 198 valence electrons. The fourth-order valence-corrected chi connectivity index (χ4v) is 4.18. The zero-order chi connectivity index (χ0) is 26.1. The first-order valence-corrected chi connectivity index (χ1v) is 11.7. The number of ether oxygens (including phenoxy) is 1. The maximum atomic E-state index is 15.0. The van der Waals surface area contributed by atoms with Crippen molar-refractivity contribution in [3.05, 3.63) is 29.1 Å². The van der Waals surface area contributed by atoms with Gasteiger partial charge in [0.1, 0.15) is 17.5 Å². The minimum atomic E-state index is -1.11. The number of piperazine rings is 1. The molecular weight excluding hydrogens is 471 g/mol. The standard InChI is InChI=1S/C22H25FN4O6.C2H6.CH4/c1-22(2,3)33-21(32)26-8-6-25(7-9-26)16-11-13-12(10-14(16)23)19(30)27(20(13)31)15-4-5-17(28)24-18(15)29;1-2;/h10-11,15H,4-9H2,1-3H3,(H,24,28,29);1-2H3;1H4. The van der Waals surface area contributed by atoms with Crippen LogP contribution in [0, 0.1) is 5.82 Å². The highest BCUT2D eigenvalue weighted by Crippen LogP contribution is 2.33. The van der Waals surface area contributed by atoms with Gasteiger partial charge >= 0.3 is 6.09 Å². The monoisotopic (exact) mass is 506 g/mol. The third-order valence-corrected chi connectivity index (χ3v) is 5.78. The Labute approximate surface area is 210 Å². The Bertz CT molecular complexity index is 1060. The maximum Gasteiger partial charge on any atom is 0.410 e. The normalized spacial score (nSPS) is 19.7. The maximum absolute atomic E-state index is 15.0. The Kier molecular flexibility index (Phi) is 8.82. The van der Waals surface area contributed by atoms with Crippen LogP contribution < -0.4 is 10.2 Å².